The number of aliphatic hydroxyl groups excluding tert-OH is 2. The van der Waals surface area contributed by atoms with Gasteiger partial charge < -0.3 is 38.9 Å². The van der Waals surface area contributed by atoms with Crippen LogP contribution >= 0.6 is 7.82 Å². The molecule has 1 aliphatic heterocycles. The van der Waals surface area contributed by atoms with E-state index in [0.717, 1.165) is 0 Å². The van der Waals surface area contributed by atoms with Crippen molar-refractivity contribution in [3.63, 3.8) is 0 Å². The Balaban J connectivity index is 2.94. The molecule has 1 unspecified atom stereocenters. The minimum Gasteiger partial charge on any atom is -0.870 e. The molecule has 2 N–H and O–H groups in total. The van der Waals surface area contributed by atoms with Gasteiger partial charge in [0.25, 0.3) is 0 Å². The molecule has 10 heteroatoms. The lowest BCUT2D eigenvalue weighted by Gasteiger charge is -2.29. The van der Waals surface area contributed by atoms with Crippen LogP contribution in [0.1, 0.15) is 0 Å². The number of phosphoric acid groups is 1. The van der Waals surface area contributed by atoms with E-state index >= 15 is 0 Å². The van der Waals surface area contributed by atoms with Crippen LogP contribution in [-0.4, -0.2) is 35.0 Å². The van der Waals surface area contributed by atoms with E-state index in [4.69, 9.17) is 10.2 Å². The molecule has 0 aromatic carbocycles. The third-order valence-corrected chi connectivity index (χ3v) is 2.05. The summed E-state index contributed by atoms with van der Waals surface area (Å²) in [5.74, 6) is -4.10. The number of cyclic esters (lactones) is 1. The van der Waals surface area contributed by atoms with E-state index in [1.165, 1.54) is 0 Å². The monoisotopic (exact) mass is 253 g/mol. The molecule has 0 aromatic heterocycles. The Morgan fingerprint density at radius 2 is 2.12 bits per heavy atom. The molecular weight excluding hydrogens is 247 g/mol. The van der Waals surface area contributed by atoms with Crippen LogP contribution in [0.4, 0.5) is 0 Å². The second-order valence-electron chi connectivity index (χ2n) is 2.81. The van der Waals surface area contributed by atoms with Crippen LogP contribution in [-0.2, 0) is 18.6 Å². The first-order chi connectivity index (χ1) is 7.26. The lowest BCUT2D eigenvalue weighted by molar-refractivity contribution is -0.343. The number of carbonyl (C=O) groups excluding carboxylic acids is 1. The van der Waals surface area contributed by atoms with Gasteiger partial charge >= 0.3 is 5.97 Å². The number of aliphatic hydroxyl groups is 2. The predicted molar refractivity (Wildman–Crippen MR) is 38.7 cm³/mol. The fraction of sp³-hybridized carbons (Fsp3) is 0.500. The molecule has 1 aliphatic rings. The smallest absolute Gasteiger partial charge is 0.373 e. The molecular formula is C6H6O9P-3. The number of ether oxygens (including phenoxy) is 1. The summed E-state index contributed by atoms with van der Waals surface area (Å²) < 4.78 is 18.0. The van der Waals surface area contributed by atoms with Crippen molar-refractivity contribution in [1.29, 1.82) is 0 Å². The molecule has 0 saturated heterocycles. The van der Waals surface area contributed by atoms with Crippen molar-refractivity contribution < 1.29 is 43.7 Å². The van der Waals surface area contributed by atoms with Gasteiger partial charge in [-0.25, -0.2) is 4.79 Å². The highest BCUT2D eigenvalue weighted by Gasteiger charge is 2.35. The summed E-state index contributed by atoms with van der Waals surface area (Å²) >= 11 is 0. The Kier molecular flexibility index (Phi) is 3.56. The molecule has 0 radical (unpaired) electrons. The molecule has 1 rings (SSSR count). The van der Waals surface area contributed by atoms with Gasteiger partial charge in [0, 0.05) is 0 Å². The van der Waals surface area contributed by atoms with Crippen LogP contribution in [0.15, 0.2) is 11.5 Å². The van der Waals surface area contributed by atoms with Crippen LogP contribution in [0.5, 0.6) is 0 Å². The van der Waals surface area contributed by atoms with Crippen molar-refractivity contribution in [2.24, 2.45) is 0 Å². The molecule has 0 aromatic rings. The van der Waals surface area contributed by atoms with Gasteiger partial charge in [0.05, 0.1) is 6.61 Å². The molecule has 0 saturated carbocycles. The van der Waals surface area contributed by atoms with Gasteiger partial charge in [0.2, 0.25) is 5.76 Å². The summed E-state index contributed by atoms with van der Waals surface area (Å²) in [5, 5.41) is 28.7. The average molecular weight is 253 g/mol. The van der Waals surface area contributed by atoms with Crippen molar-refractivity contribution in [2.45, 2.75) is 12.2 Å². The zero-order chi connectivity index (χ0) is 12.5. The molecule has 92 valence electrons. The number of phosphoric ester groups is 1. The fourth-order valence-corrected chi connectivity index (χ4v) is 1.38. The average Bonchev–Trinajstić information content (AvgIpc) is 2.42. The summed E-state index contributed by atoms with van der Waals surface area (Å²) in [7, 11) is -5.56. The normalized spacial score (nSPS) is 23.2. The first-order valence-electron chi connectivity index (χ1n) is 3.89. The first-order valence-corrected chi connectivity index (χ1v) is 5.35. The Morgan fingerprint density at radius 1 is 1.56 bits per heavy atom. The Morgan fingerprint density at radius 3 is 2.56 bits per heavy atom. The van der Waals surface area contributed by atoms with Crippen molar-refractivity contribution in [3.05, 3.63) is 11.5 Å². The topological polar surface area (TPSA) is 162 Å². The van der Waals surface area contributed by atoms with E-state index in [9.17, 15) is 24.3 Å². The number of carbonyl (C=O) groups is 1. The van der Waals surface area contributed by atoms with Crippen LogP contribution in [0, 0.1) is 0 Å². The molecule has 1 heterocycles. The van der Waals surface area contributed by atoms with Crippen molar-refractivity contribution in [3.8, 4) is 0 Å². The van der Waals surface area contributed by atoms with E-state index in [0.29, 0.717) is 0 Å². The van der Waals surface area contributed by atoms with Crippen LogP contribution in [0.3, 0.4) is 0 Å². The zero-order valence-electron chi connectivity index (χ0n) is 7.56. The first kappa shape index (κ1) is 12.9. The van der Waals surface area contributed by atoms with Crippen molar-refractivity contribution >= 4 is 13.8 Å². The summed E-state index contributed by atoms with van der Waals surface area (Å²) in [6.07, 6.45) is -3.48. The Labute approximate surface area is 88.8 Å². The maximum Gasteiger partial charge on any atom is 0.373 e. The zero-order valence-corrected chi connectivity index (χ0v) is 8.46. The van der Waals surface area contributed by atoms with E-state index in [1.807, 2.05) is 0 Å². The van der Waals surface area contributed by atoms with Gasteiger partial charge in [0.1, 0.15) is 20.0 Å². The van der Waals surface area contributed by atoms with Crippen molar-refractivity contribution in [2.75, 3.05) is 6.61 Å². The number of esters is 1. The molecule has 0 fully saturated rings. The summed E-state index contributed by atoms with van der Waals surface area (Å²) in [6, 6.07) is 0. The minimum absolute atomic E-state index is 0.886. The quantitative estimate of drug-likeness (QED) is 0.372. The van der Waals surface area contributed by atoms with E-state index in [1.54, 1.807) is 0 Å². The lowest BCUT2D eigenvalue weighted by atomic mass is 10.2. The maximum atomic E-state index is 11.2. The third kappa shape index (κ3) is 2.71. The Bertz CT molecular complexity index is 368. The van der Waals surface area contributed by atoms with Gasteiger partial charge in [-0.15, -0.1) is 0 Å². The third-order valence-electron chi connectivity index (χ3n) is 1.64. The van der Waals surface area contributed by atoms with E-state index in [2.05, 4.69) is 9.26 Å². The Hall–Kier alpha value is -1.12. The van der Waals surface area contributed by atoms with Crippen molar-refractivity contribution in [1.82, 2.24) is 0 Å². The number of rotatable bonds is 4. The van der Waals surface area contributed by atoms with Gasteiger partial charge in [-0.2, -0.15) is 0 Å². The SMILES string of the molecule is O=C1O[C@H](C(O)CO)C([O-])=C1OP(=O)([O-])[O-]. The molecule has 9 nitrogen and oxygen atoms in total. The minimum atomic E-state index is -5.56. The molecule has 16 heavy (non-hydrogen) atoms. The summed E-state index contributed by atoms with van der Waals surface area (Å²) in [4.78, 5) is 31.3. The van der Waals surface area contributed by atoms with E-state index in [-0.39, 0.29) is 0 Å². The maximum absolute atomic E-state index is 11.2. The van der Waals surface area contributed by atoms with Gasteiger partial charge in [-0.1, -0.05) is 0 Å². The summed E-state index contributed by atoms with van der Waals surface area (Å²) in [5.41, 5.74) is 0. The highest BCUT2D eigenvalue weighted by atomic mass is 31.2. The van der Waals surface area contributed by atoms with Crippen LogP contribution in [0.2, 0.25) is 0 Å². The van der Waals surface area contributed by atoms with Gasteiger partial charge in [-0.05, 0) is 5.76 Å². The van der Waals surface area contributed by atoms with Gasteiger partial charge in [0.15, 0.2) is 0 Å². The van der Waals surface area contributed by atoms with Gasteiger partial charge in [-0.3, -0.25) is 0 Å². The predicted octanol–water partition coefficient (Wildman–Crippen LogP) is -4.32. The molecule has 0 aliphatic carbocycles. The lowest BCUT2D eigenvalue weighted by Crippen LogP contribution is -2.35. The molecule has 2 atom stereocenters. The standard InChI is InChI=1S/C6H9O9P/c7-1-2(8)4-3(9)5(6(10)14-4)15-16(11,12)13/h2,4,7-9H,1H2,(H2,11,12,13)/p-3/t2?,4-/m1/s1. The number of hydrogen-bond donors (Lipinski definition) is 2. The molecule has 0 bridgehead atoms. The second-order valence-corrected chi connectivity index (χ2v) is 3.88. The fourth-order valence-electron chi connectivity index (χ4n) is 0.995. The largest absolute Gasteiger partial charge is 0.870 e. The van der Waals surface area contributed by atoms with Crippen LogP contribution < -0.4 is 14.9 Å². The van der Waals surface area contributed by atoms with Crippen LogP contribution in [0.25, 0.3) is 0 Å². The molecule has 0 amide bonds. The number of hydrogen-bond acceptors (Lipinski definition) is 9. The second kappa shape index (κ2) is 4.40. The highest BCUT2D eigenvalue weighted by molar-refractivity contribution is 7.43. The summed E-state index contributed by atoms with van der Waals surface area (Å²) in [6.45, 7) is -0.886. The molecule has 0 spiro atoms. The van der Waals surface area contributed by atoms with E-state index < -0.39 is 44.1 Å². The highest BCUT2D eigenvalue weighted by Crippen LogP contribution is 2.34.